The summed E-state index contributed by atoms with van der Waals surface area (Å²) in [5.74, 6) is 1.72. The van der Waals surface area contributed by atoms with E-state index in [0.717, 1.165) is 6.42 Å². The van der Waals surface area contributed by atoms with E-state index < -0.39 is 0 Å². The number of nitrogens with one attached hydrogen (secondary N) is 2. The molecule has 0 aromatic carbocycles. The molecule has 1 saturated carbocycles. The van der Waals surface area contributed by atoms with Gasteiger partial charge in [0.1, 0.15) is 11.5 Å². The van der Waals surface area contributed by atoms with Gasteiger partial charge in [-0.2, -0.15) is 0 Å². The largest absolute Gasteiger partial charge is 0.372 e. The molecule has 0 radical (unpaired) electrons. The molecule has 1 aliphatic rings. The number of carbonyl (C=O) groups is 1. The maximum atomic E-state index is 12.2. The van der Waals surface area contributed by atoms with Crippen molar-refractivity contribution in [2.24, 2.45) is 11.8 Å². The third kappa shape index (κ3) is 3.46. The van der Waals surface area contributed by atoms with Crippen molar-refractivity contribution in [2.45, 2.75) is 45.6 Å². The average molecular weight is 276 g/mol. The molecular weight excluding hydrogens is 252 g/mol. The SMILES string of the molecule is CNc1cnc(C(=O)NC2CCCCC2C(C)C)cn1. The number of amides is 1. The van der Waals surface area contributed by atoms with E-state index in [1.165, 1.54) is 25.5 Å². The quantitative estimate of drug-likeness (QED) is 0.886. The Morgan fingerprint density at radius 2 is 2.00 bits per heavy atom. The van der Waals surface area contributed by atoms with Crippen LogP contribution in [0, 0.1) is 11.8 Å². The highest BCUT2D eigenvalue weighted by Crippen LogP contribution is 2.30. The summed E-state index contributed by atoms with van der Waals surface area (Å²) >= 11 is 0. The van der Waals surface area contributed by atoms with Crippen LogP contribution in [-0.2, 0) is 0 Å². The van der Waals surface area contributed by atoms with Gasteiger partial charge in [-0.05, 0) is 24.7 Å². The van der Waals surface area contributed by atoms with Crippen LogP contribution >= 0.6 is 0 Å². The fourth-order valence-corrected chi connectivity index (χ4v) is 2.95. The van der Waals surface area contributed by atoms with Gasteiger partial charge in [0.05, 0.1) is 12.4 Å². The molecule has 5 nitrogen and oxygen atoms in total. The summed E-state index contributed by atoms with van der Waals surface area (Å²) in [6.45, 7) is 4.47. The number of rotatable bonds is 4. The summed E-state index contributed by atoms with van der Waals surface area (Å²) < 4.78 is 0. The van der Waals surface area contributed by atoms with Gasteiger partial charge in [-0.3, -0.25) is 4.79 Å². The zero-order valence-corrected chi connectivity index (χ0v) is 12.5. The Morgan fingerprint density at radius 3 is 2.60 bits per heavy atom. The van der Waals surface area contributed by atoms with Gasteiger partial charge in [0.25, 0.3) is 5.91 Å². The Kier molecular flexibility index (Phi) is 4.93. The van der Waals surface area contributed by atoms with E-state index in [2.05, 4.69) is 34.4 Å². The standard InChI is InChI=1S/C15H24N4O/c1-10(2)11-6-4-5-7-12(11)19-15(20)13-8-18-14(16-3)9-17-13/h8-12H,4-7H2,1-3H3,(H,16,18)(H,19,20). The molecule has 20 heavy (non-hydrogen) atoms. The monoisotopic (exact) mass is 276 g/mol. The maximum absolute atomic E-state index is 12.2. The van der Waals surface area contributed by atoms with Gasteiger partial charge in [0.2, 0.25) is 0 Å². The van der Waals surface area contributed by atoms with Crippen LogP contribution in [0.3, 0.4) is 0 Å². The second kappa shape index (κ2) is 6.68. The summed E-state index contributed by atoms with van der Waals surface area (Å²) in [4.78, 5) is 20.5. The van der Waals surface area contributed by atoms with E-state index in [1.807, 2.05) is 0 Å². The lowest BCUT2D eigenvalue weighted by atomic mass is 9.78. The molecule has 2 atom stereocenters. The molecule has 5 heteroatoms. The molecule has 0 saturated heterocycles. The highest BCUT2D eigenvalue weighted by Gasteiger charge is 2.29. The van der Waals surface area contributed by atoms with Crippen LogP contribution in [0.15, 0.2) is 12.4 Å². The summed E-state index contributed by atoms with van der Waals surface area (Å²) in [6, 6.07) is 0.266. The second-order valence-electron chi connectivity index (χ2n) is 5.81. The van der Waals surface area contributed by atoms with E-state index >= 15 is 0 Å². The summed E-state index contributed by atoms with van der Waals surface area (Å²) in [5, 5.41) is 6.03. The van der Waals surface area contributed by atoms with E-state index in [1.54, 1.807) is 13.2 Å². The van der Waals surface area contributed by atoms with Crippen molar-refractivity contribution in [3.8, 4) is 0 Å². The molecule has 110 valence electrons. The smallest absolute Gasteiger partial charge is 0.271 e. The molecule has 0 aliphatic heterocycles. The lowest BCUT2D eigenvalue weighted by molar-refractivity contribution is 0.0883. The molecule has 1 aromatic heterocycles. The Bertz CT molecular complexity index is 444. The van der Waals surface area contributed by atoms with Gasteiger partial charge in [-0.15, -0.1) is 0 Å². The second-order valence-corrected chi connectivity index (χ2v) is 5.81. The molecule has 0 spiro atoms. The lowest BCUT2D eigenvalue weighted by Crippen LogP contribution is -2.44. The van der Waals surface area contributed by atoms with Crippen LogP contribution < -0.4 is 10.6 Å². The van der Waals surface area contributed by atoms with Gasteiger partial charge >= 0.3 is 0 Å². The highest BCUT2D eigenvalue weighted by molar-refractivity contribution is 5.92. The number of nitrogens with zero attached hydrogens (tertiary/aromatic N) is 2. The Hall–Kier alpha value is -1.65. The fraction of sp³-hybridized carbons (Fsp3) is 0.667. The van der Waals surface area contributed by atoms with Gasteiger partial charge < -0.3 is 10.6 Å². The van der Waals surface area contributed by atoms with Gasteiger partial charge in [0, 0.05) is 13.1 Å². The first-order valence-corrected chi connectivity index (χ1v) is 7.42. The van der Waals surface area contributed by atoms with Crippen LogP contribution in [-0.4, -0.2) is 29.0 Å². The fourth-order valence-electron chi connectivity index (χ4n) is 2.95. The minimum atomic E-state index is -0.113. The summed E-state index contributed by atoms with van der Waals surface area (Å²) in [7, 11) is 1.78. The Balaban J connectivity index is 2.01. The molecule has 1 aromatic rings. The van der Waals surface area contributed by atoms with Crippen LogP contribution in [0.2, 0.25) is 0 Å². The Morgan fingerprint density at radius 1 is 1.25 bits per heavy atom. The van der Waals surface area contributed by atoms with Crippen molar-refractivity contribution in [3.63, 3.8) is 0 Å². The number of hydrogen-bond acceptors (Lipinski definition) is 4. The predicted octanol–water partition coefficient (Wildman–Crippen LogP) is 2.46. The van der Waals surface area contributed by atoms with Crippen molar-refractivity contribution in [3.05, 3.63) is 18.1 Å². The lowest BCUT2D eigenvalue weighted by Gasteiger charge is -2.34. The topological polar surface area (TPSA) is 66.9 Å². The van der Waals surface area contributed by atoms with Crippen molar-refractivity contribution in [1.29, 1.82) is 0 Å². The number of hydrogen-bond donors (Lipinski definition) is 2. The number of aromatic nitrogens is 2. The van der Waals surface area contributed by atoms with Gasteiger partial charge in [-0.1, -0.05) is 26.7 Å². The van der Waals surface area contributed by atoms with Crippen molar-refractivity contribution in [2.75, 3.05) is 12.4 Å². The van der Waals surface area contributed by atoms with Crippen molar-refractivity contribution in [1.82, 2.24) is 15.3 Å². The zero-order chi connectivity index (χ0) is 14.5. The third-order valence-electron chi connectivity index (χ3n) is 4.13. The van der Waals surface area contributed by atoms with Gasteiger partial charge in [-0.25, -0.2) is 9.97 Å². The molecule has 1 fully saturated rings. The van der Waals surface area contributed by atoms with Crippen molar-refractivity contribution < 1.29 is 4.79 Å². The van der Waals surface area contributed by atoms with Crippen LogP contribution in [0.4, 0.5) is 5.82 Å². The normalized spacial score (nSPS) is 22.6. The Labute approximate surface area is 120 Å². The van der Waals surface area contributed by atoms with E-state index in [-0.39, 0.29) is 11.9 Å². The van der Waals surface area contributed by atoms with E-state index in [9.17, 15) is 4.79 Å². The first-order chi connectivity index (χ1) is 9.61. The first-order valence-electron chi connectivity index (χ1n) is 7.42. The molecule has 2 rings (SSSR count). The zero-order valence-electron chi connectivity index (χ0n) is 12.5. The van der Waals surface area contributed by atoms with Crippen LogP contribution in [0.25, 0.3) is 0 Å². The molecule has 0 bridgehead atoms. The van der Waals surface area contributed by atoms with Crippen LogP contribution in [0.1, 0.15) is 50.0 Å². The molecule has 2 unspecified atom stereocenters. The highest BCUT2D eigenvalue weighted by atomic mass is 16.1. The average Bonchev–Trinajstić information content (AvgIpc) is 2.47. The molecule has 1 aliphatic carbocycles. The van der Waals surface area contributed by atoms with E-state index in [0.29, 0.717) is 23.3 Å². The summed E-state index contributed by atoms with van der Waals surface area (Å²) in [5.41, 5.74) is 0.386. The molecule has 1 heterocycles. The summed E-state index contributed by atoms with van der Waals surface area (Å²) in [6.07, 6.45) is 7.83. The minimum absolute atomic E-state index is 0.113. The van der Waals surface area contributed by atoms with Crippen molar-refractivity contribution >= 4 is 11.7 Å². The third-order valence-corrected chi connectivity index (χ3v) is 4.13. The number of anilines is 1. The molecule has 2 N–H and O–H groups in total. The molecule has 1 amide bonds. The van der Waals surface area contributed by atoms with E-state index in [4.69, 9.17) is 0 Å². The maximum Gasteiger partial charge on any atom is 0.271 e. The van der Waals surface area contributed by atoms with Gasteiger partial charge in [0.15, 0.2) is 0 Å². The first kappa shape index (κ1) is 14.8. The molecular formula is C15H24N4O. The van der Waals surface area contributed by atoms with Crippen LogP contribution in [0.5, 0.6) is 0 Å². The minimum Gasteiger partial charge on any atom is -0.372 e. The predicted molar refractivity (Wildman–Crippen MR) is 79.6 cm³/mol. The number of carbonyl (C=O) groups excluding carboxylic acids is 1.